The molecule has 16 nitrogen and oxygen atoms in total. The van der Waals surface area contributed by atoms with Gasteiger partial charge in [-0.3, -0.25) is 4.79 Å². The van der Waals surface area contributed by atoms with Gasteiger partial charge in [0.05, 0.1) is 37.4 Å². The third-order valence-corrected chi connectivity index (χ3v) is 18.7. The average molecular weight is 883 g/mol. The van der Waals surface area contributed by atoms with E-state index in [1.807, 2.05) is 0 Å². The molecule has 16 heteroatoms. The highest BCUT2D eigenvalue weighted by atomic mass is 16.8. The summed E-state index contributed by atoms with van der Waals surface area (Å²) in [6, 6.07) is 0. The van der Waals surface area contributed by atoms with Crippen molar-refractivity contribution in [1.29, 1.82) is 0 Å². The standard InChI is InChI=1S/C46H74O16/c1-22-30(50)35(61-37-33(53)31(51)25(48)19-57-37)34(54)38(59-22)62-36-32(52)26(49)20-58-39(36)60-29-11-12-42(4)27(43(29,5)21-47)10-13-45(7)28(42)9-8-23-24-18-41(2,3)14-16-46(24,40(55)56)17-15-44(23,45)6/h8,22,24-39,47-54H,9-21H2,1-7H3,(H,55,56)/t22?,24?,25?,26?,27?,28?,29-,30?,31?,32?,33?,34?,35?,36?,37?,38?,39?,42-,43-,44+,45+,46-/m0/s1. The van der Waals surface area contributed by atoms with Crippen LogP contribution in [0.25, 0.3) is 0 Å². The van der Waals surface area contributed by atoms with Gasteiger partial charge in [-0.15, -0.1) is 0 Å². The Bertz CT molecular complexity index is 1690. The highest BCUT2D eigenvalue weighted by molar-refractivity contribution is 5.76. The molecule has 0 aromatic carbocycles. The molecule has 0 spiro atoms. The topological polar surface area (TPSA) is 255 Å². The van der Waals surface area contributed by atoms with Crippen molar-refractivity contribution in [1.82, 2.24) is 0 Å². The molecule has 5 aliphatic carbocycles. The van der Waals surface area contributed by atoms with Crippen LogP contribution in [0.1, 0.15) is 113 Å². The van der Waals surface area contributed by atoms with Crippen molar-refractivity contribution >= 4 is 5.97 Å². The maximum atomic E-state index is 13.1. The summed E-state index contributed by atoms with van der Waals surface area (Å²) >= 11 is 0. The van der Waals surface area contributed by atoms with Crippen LogP contribution in [0.4, 0.5) is 0 Å². The van der Waals surface area contributed by atoms with Crippen LogP contribution in [0.2, 0.25) is 0 Å². The van der Waals surface area contributed by atoms with Crippen LogP contribution in [-0.4, -0.2) is 158 Å². The van der Waals surface area contributed by atoms with Gasteiger partial charge in [-0.2, -0.15) is 0 Å². The Kier molecular flexibility index (Phi) is 12.5. The van der Waals surface area contributed by atoms with E-state index in [9.17, 15) is 50.8 Å². The lowest BCUT2D eigenvalue weighted by molar-refractivity contribution is -0.379. The Hall–Kier alpha value is -1.35. The minimum Gasteiger partial charge on any atom is -0.481 e. The zero-order valence-electron chi connectivity index (χ0n) is 37.5. The molecule has 62 heavy (non-hydrogen) atoms. The Morgan fingerprint density at radius 2 is 1.35 bits per heavy atom. The van der Waals surface area contributed by atoms with Crippen molar-refractivity contribution < 1.29 is 79.2 Å². The van der Waals surface area contributed by atoms with E-state index in [0.29, 0.717) is 19.3 Å². The molecule has 16 unspecified atom stereocenters. The molecule has 0 amide bonds. The Morgan fingerprint density at radius 1 is 0.710 bits per heavy atom. The minimum atomic E-state index is -1.73. The highest BCUT2D eigenvalue weighted by Crippen LogP contribution is 2.76. The number of carboxylic acids is 1. The molecule has 3 saturated heterocycles. The molecule has 0 aromatic heterocycles. The molecular weight excluding hydrogens is 808 g/mol. The summed E-state index contributed by atoms with van der Waals surface area (Å²) < 4.78 is 36.0. The van der Waals surface area contributed by atoms with Crippen LogP contribution in [-0.2, 0) is 33.2 Å². The molecule has 0 radical (unpaired) electrons. The average Bonchev–Trinajstić information content (AvgIpc) is 3.21. The fraction of sp³-hybridized carbons (Fsp3) is 0.935. The zero-order valence-corrected chi connectivity index (χ0v) is 37.5. The first-order chi connectivity index (χ1) is 29.0. The summed E-state index contributed by atoms with van der Waals surface area (Å²) in [5.41, 5.74) is -0.519. The van der Waals surface area contributed by atoms with Gasteiger partial charge in [0.25, 0.3) is 0 Å². The lowest BCUT2D eigenvalue weighted by Gasteiger charge is -2.71. The van der Waals surface area contributed by atoms with E-state index in [2.05, 4.69) is 47.6 Å². The molecule has 3 aliphatic heterocycles. The quantitative estimate of drug-likeness (QED) is 0.125. The molecule has 3 heterocycles. The van der Waals surface area contributed by atoms with Gasteiger partial charge >= 0.3 is 5.97 Å². The monoisotopic (exact) mass is 882 g/mol. The number of fused-ring (bicyclic) bond motifs is 7. The van der Waals surface area contributed by atoms with Gasteiger partial charge in [0.2, 0.25) is 0 Å². The number of aliphatic hydroxyl groups is 8. The second kappa shape index (κ2) is 16.5. The Labute approximate surface area is 364 Å². The highest BCUT2D eigenvalue weighted by Gasteiger charge is 2.70. The van der Waals surface area contributed by atoms with Crippen LogP contribution in [0, 0.1) is 50.2 Å². The minimum absolute atomic E-state index is 0.00631. The summed E-state index contributed by atoms with van der Waals surface area (Å²) in [6.07, 6.45) is -9.19. The number of allylic oxidation sites excluding steroid dienone is 2. The van der Waals surface area contributed by atoms with Gasteiger partial charge in [-0.25, -0.2) is 0 Å². The van der Waals surface area contributed by atoms with Gasteiger partial charge in [0.1, 0.15) is 54.9 Å². The lowest BCUT2D eigenvalue weighted by Crippen LogP contribution is -2.67. The summed E-state index contributed by atoms with van der Waals surface area (Å²) in [4.78, 5) is 13.1. The van der Waals surface area contributed by atoms with Crippen molar-refractivity contribution in [2.75, 3.05) is 19.8 Å². The first kappa shape index (κ1) is 47.2. The summed E-state index contributed by atoms with van der Waals surface area (Å²) in [5, 5.41) is 97.4. The summed E-state index contributed by atoms with van der Waals surface area (Å²) in [5.74, 6) is -0.342. The molecule has 354 valence electrons. The van der Waals surface area contributed by atoms with Gasteiger partial charge in [0, 0.05) is 5.41 Å². The third kappa shape index (κ3) is 7.19. The molecular formula is C46H74O16. The van der Waals surface area contributed by atoms with Crippen molar-refractivity contribution in [3.8, 4) is 0 Å². The van der Waals surface area contributed by atoms with Crippen LogP contribution in [0.15, 0.2) is 11.6 Å². The summed E-state index contributed by atoms with van der Waals surface area (Å²) in [7, 11) is 0. The number of aliphatic carboxylic acids is 1. The molecule has 8 rings (SSSR count). The fourth-order valence-corrected chi connectivity index (χ4v) is 14.5. The van der Waals surface area contributed by atoms with Crippen molar-refractivity contribution in [3.05, 3.63) is 11.6 Å². The summed E-state index contributed by atoms with van der Waals surface area (Å²) in [6.45, 7) is 14.5. The van der Waals surface area contributed by atoms with E-state index >= 15 is 0 Å². The molecule has 4 saturated carbocycles. The first-order valence-corrected chi connectivity index (χ1v) is 23.1. The van der Waals surface area contributed by atoms with E-state index in [-0.39, 0.29) is 59.2 Å². The predicted octanol–water partition coefficient (Wildman–Crippen LogP) is 1.98. The van der Waals surface area contributed by atoms with Gasteiger partial charge < -0.3 is 74.4 Å². The first-order valence-electron chi connectivity index (χ1n) is 23.1. The van der Waals surface area contributed by atoms with E-state index in [1.165, 1.54) is 12.5 Å². The SMILES string of the molecule is CC1OC(OC2C(O[C@H]3CC[C@@]4(C)C(CC[C@]5(C)C4CC=C4C6CC(C)(C)CC[C@]6(C(=O)O)CC[C@]45C)[C@]3(C)CO)OCC(O)C2O)C(O)C(OC2OCC(O)C(O)C2O)C1O. The van der Waals surface area contributed by atoms with Crippen molar-refractivity contribution in [3.63, 3.8) is 0 Å². The predicted molar refractivity (Wildman–Crippen MR) is 219 cm³/mol. The third-order valence-electron chi connectivity index (χ3n) is 18.7. The largest absolute Gasteiger partial charge is 0.481 e. The molecule has 7 fully saturated rings. The second-order valence-corrected chi connectivity index (χ2v) is 22.4. The van der Waals surface area contributed by atoms with E-state index in [1.54, 1.807) is 0 Å². The lowest BCUT2D eigenvalue weighted by atomic mass is 9.33. The van der Waals surface area contributed by atoms with Crippen LogP contribution in [0.5, 0.6) is 0 Å². The maximum absolute atomic E-state index is 13.1. The number of ether oxygens (including phenoxy) is 6. The number of rotatable bonds is 8. The molecule has 22 atom stereocenters. The van der Waals surface area contributed by atoms with Crippen LogP contribution >= 0.6 is 0 Å². The fourth-order valence-electron chi connectivity index (χ4n) is 14.5. The number of aliphatic hydroxyl groups excluding tert-OH is 8. The Morgan fingerprint density at radius 3 is 2.03 bits per heavy atom. The number of carbonyl (C=O) groups is 1. The van der Waals surface area contributed by atoms with E-state index in [0.717, 1.165) is 44.9 Å². The normalized spacial score (nSPS) is 55.1. The van der Waals surface area contributed by atoms with Crippen molar-refractivity contribution in [2.24, 2.45) is 50.2 Å². The molecule has 0 aromatic rings. The Balaban J connectivity index is 1.02. The molecule has 0 bridgehead atoms. The van der Waals surface area contributed by atoms with Crippen LogP contribution < -0.4 is 0 Å². The molecule has 8 aliphatic rings. The van der Waals surface area contributed by atoms with Gasteiger partial charge in [-0.1, -0.05) is 53.2 Å². The van der Waals surface area contributed by atoms with Crippen LogP contribution in [0.3, 0.4) is 0 Å². The van der Waals surface area contributed by atoms with Crippen molar-refractivity contribution in [2.45, 2.75) is 199 Å². The van der Waals surface area contributed by atoms with Gasteiger partial charge in [0.15, 0.2) is 18.9 Å². The number of hydrogen-bond acceptors (Lipinski definition) is 15. The van der Waals surface area contributed by atoms with E-state index in [4.69, 9.17) is 28.4 Å². The zero-order chi connectivity index (χ0) is 45.1. The second-order valence-electron chi connectivity index (χ2n) is 22.4. The molecule has 9 N–H and O–H groups in total. The maximum Gasteiger partial charge on any atom is 0.310 e. The number of carboxylic acid groups (broad SMARTS) is 1. The smallest absolute Gasteiger partial charge is 0.310 e. The van der Waals surface area contributed by atoms with E-state index < -0.39 is 103 Å². The van der Waals surface area contributed by atoms with Gasteiger partial charge in [-0.05, 0) is 111 Å². The number of hydrogen-bond donors (Lipinski definition) is 9.